The second-order valence-electron chi connectivity index (χ2n) is 5.45. The van der Waals surface area contributed by atoms with Gasteiger partial charge in [0.05, 0.1) is 6.61 Å². The van der Waals surface area contributed by atoms with Crippen LogP contribution in [0.3, 0.4) is 0 Å². The Morgan fingerprint density at radius 3 is 2.61 bits per heavy atom. The fourth-order valence-corrected chi connectivity index (χ4v) is 3.42. The number of hydrogen-bond acceptors (Lipinski definition) is 2. The normalized spacial score (nSPS) is 21.0. The summed E-state index contributed by atoms with van der Waals surface area (Å²) in [5.74, 6) is 1.73. The van der Waals surface area contributed by atoms with E-state index in [-0.39, 0.29) is 0 Å². The highest BCUT2D eigenvalue weighted by molar-refractivity contribution is 9.10. The minimum atomic E-state index is 0.672. The summed E-state index contributed by atoms with van der Waals surface area (Å²) < 4.78 is 7.19. The van der Waals surface area contributed by atoms with Crippen LogP contribution in [0.1, 0.15) is 24.0 Å². The number of halogens is 1. The molecule has 1 aromatic rings. The van der Waals surface area contributed by atoms with Crippen LogP contribution in [0, 0.1) is 19.8 Å². The Labute approximate surface area is 118 Å². The number of likely N-dealkylation sites (tertiary alicyclic amines) is 1. The molecule has 2 nitrogen and oxygen atoms in total. The topological polar surface area (TPSA) is 12.5 Å². The van der Waals surface area contributed by atoms with Gasteiger partial charge >= 0.3 is 0 Å². The first-order valence-electron chi connectivity index (χ1n) is 6.64. The van der Waals surface area contributed by atoms with Gasteiger partial charge in [0.15, 0.2) is 0 Å². The van der Waals surface area contributed by atoms with Gasteiger partial charge in [-0.1, -0.05) is 15.9 Å². The fraction of sp³-hybridized carbons (Fsp3) is 0.600. The standard InChI is InChI=1S/C15H22BrNO/c1-11-7-14(16)8-12(2)15(11)18-10-13-5-4-6-17(3)9-13/h7-8,13H,4-6,9-10H2,1-3H3. The number of rotatable bonds is 3. The third-order valence-corrected chi connectivity index (χ3v) is 4.07. The smallest absolute Gasteiger partial charge is 0.125 e. The van der Waals surface area contributed by atoms with Crippen molar-refractivity contribution in [2.75, 3.05) is 26.7 Å². The summed E-state index contributed by atoms with van der Waals surface area (Å²) >= 11 is 3.52. The molecule has 1 unspecified atom stereocenters. The van der Waals surface area contributed by atoms with E-state index in [9.17, 15) is 0 Å². The first-order valence-corrected chi connectivity index (χ1v) is 7.43. The van der Waals surface area contributed by atoms with Crippen molar-refractivity contribution in [3.8, 4) is 5.75 Å². The monoisotopic (exact) mass is 311 g/mol. The zero-order valence-electron chi connectivity index (χ0n) is 11.5. The molecule has 100 valence electrons. The quantitative estimate of drug-likeness (QED) is 0.842. The van der Waals surface area contributed by atoms with Crippen molar-refractivity contribution >= 4 is 15.9 Å². The van der Waals surface area contributed by atoms with Crippen LogP contribution in [0.5, 0.6) is 5.75 Å². The lowest BCUT2D eigenvalue weighted by Crippen LogP contribution is -2.34. The van der Waals surface area contributed by atoms with Gasteiger partial charge in [-0.3, -0.25) is 0 Å². The van der Waals surface area contributed by atoms with Crippen LogP contribution in [-0.4, -0.2) is 31.6 Å². The predicted octanol–water partition coefficient (Wildman–Crippen LogP) is 3.79. The molecular formula is C15H22BrNO. The Hall–Kier alpha value is -0.540. The van der Waals surface area contributed by atoms with Gasteiger partial charge < -0.3 is 9.64 Å². The van der Waals surface area contributed by atoms with E-state index in [1.54, 1.807) is 0 Å². The van der Waals surface area contributed by atoms with Crippen LogP contribution in [0.25, 0.3) is 0 Å². The van der Waals surface area contributed by atoms with Crippen molar-refractivity contribution in [2.45, 2.75) is 26.7 Å². The molecule has 18 heavy (non-hydrogen) atoms. The van der Waals surface area contributed by atoms with Gasteiger partial charge in [-0.2, -0.15) is 0 Å². The molecule has 0 bridgehead atoms. The van der Waals surface area contributed by atoms with Crippen LogP contribution in [-0.2, 0) is 0 Å². The van der Waals surface area contributed by atoms with E-state index in [1.807, 2.05) is 0 Å². The number of piperidine rings is 1. The number of nitrogens with zero attached hydrogens (tertiary/aromatic N) is 1. The van der Waals surface area contributed by atoms with Crippen molar-refractivity contribution in [3.63, 3.8) is 0 Å². The maximum absolute atomic E-state index is 6.06. The van der Waals surface area contributed by atoms with Crippen molar-refractivity contribution in [1.29, 1.82) is 0 Å². The minimum Gasteiger partial charge on any atom is -0.493 e. The number of benzene rings is 1. The van der Waals surface area contributed by atoms with Gasteiger partial charge in [0.2, 0.25) is 0 Å². The molecule has 1 heterocycles. The highest BCUT2D eigenvalue weighted by Gasteiger charge is 2.18. The number of hydrogen-bond donors (Lipinski definition) is 0. The van der Waals surface area contributed by atoms with Crippen LogP contribution in [0.4, 0.5) is 0 Å². The number of aryl methyl sites for hydroxylation is 2. The summed E-state index contributed by atoms with van der Waals surface area (Å²) in [4.78, 5) is 2.40. The zero-order valence-corrected chi connectivity index (χ0v) is 13.1. The highest BCUT2D eigenvalue weighted by Crippen LogP contribution is 2.28. The van der Waals surface area contributed by atoms with E-state index in [4.69, 9.17) is 4.74 Å². The maximum atomic E-state index is 6.06. The molecule has 0 N–H and O–H groups in total. The average molecular weight is 312 g/mol. The molecule has 0 aromatic heterocycles. The van der Waals surface area contributed by atoms with Crippen LogP contribution in [0.15, 0.2) is 16.6 Å². The summed E-state index contributed by atoms with van der Waals surface area (Å²) in [7, 11) is 2.20. The second-order valence-corrected chi connectivity index (χ2v) is 6.37. The minimum absolute atomic E-state index is 0.672. The lowest BCUT2D eigenvalue weighted by Gasteiger charge is -2.29. The Morgan fingerprint density at radius 2 is 2.00 bits per heavy atom. The van der Waals surface area contributed by atoms with Crippen LogP contribution in [0.2, 0.25) is 0 Å². The molecule has 1 fully saturated rings. The Morgan fingerprint density at radius 1 is 1.33 bits per heavy atom. The summed E-state index contributed by atoms with van der Waals surface area (Å²) in [5, 5.41) is 0. The Kier molecular flexibility index (Phi) is 4.68. The maximum Gasteiger partial charge on any atom is 0.125 e. The largest absolute Gasteiger partial charge is 0.493 e. The summed E-state index contributed by atoms with van der Waals surface area (Å²) in [6, 6.07) is 4.24. The molecular weight excluding hydrogens is 290 g/mol. The van der Waals surface area contributed by atoms with E-state index in [0.717, 1.165) is 23.4 Å². The van der Waals surface area contributed by atoms with Gasteiger partial charge in [0.25, 0.3) is 0 Å². The highest BCUT2D eigenvalue weighted by atomic mass is 79.9. The molecule has 1 aliphatic rings. The van der Waals surface area contributed by atoms with E-state index in [1.165, 1.54) is 30.5 Å². The van der Waals surface area contributed by atoms with Gasteiger partial charge in [0, 0.05) is 16.9 Å². The van der Waals surface area contributed by atoms with Gasteiger partial charge in [-0.25, -0.2) is 0 Å². The third-order valence-electron chi connectivity index (χ3n) is 3.61. The SMILES string of the molecule is Cc1cc(Br)cc(C)c1OCC1CCCN(C)C1. The molecule has 0 amide bonds. The molecule has 0 aliphatic carbocycles. The fourth-order valence-electron chi connectivity index (χ4n) is 2.74. The molecule has 2 rings (SSSR count). The summed E-state index contributed by atoms with van der Waals surface area (Å²) in [6.45, 7) is 7.45. The van der Waals surface area contributed by atoms with Crippen molar-refractivity contribution < 1.29 is 4.74 Å². The zero-order chi connectivity index (χ0) is 13.1. The summed E-state index contributed by atoms with van der Waals surface area (Å²) in [5.41, 5.74) is 2.43. The predicted molar refractivity (Wildman–Crippen MR) is 79.3 cm³/mol. The molecule has 1 aliphatic heterocycles. The Balaban J connectivity index is 1.97. The first-order chi connectivity index (χ1) is 8.56. The van der Waals surface area contributed by atoms with Gasteiger partial charge in [0.1, 0.15) is 5.75 Å². The lowest BCUT2D eigenvalue weighted by molar-refractivity contribution is 0.149. The average Bonchev–Trinajstić information content (AvgIpc) is 2.27. The van der Waals surface area contributed by atoms with E-state index >= 15 is 0 Å². The molecule has 1 saturated heterocycles. The Bertz CT molecular complexity index is 396. The third kappa shape index (κ3) is 3.48. The molecule has 1 aromatic carbocycles. The molecule has 3 heteroatoms. The number of ether oxygens (including phenoxy) is 1. The van der Waals surface area contributed by atoms with Gasteiger partial charge in [-0.15, -0.1) is 0 Å². The molecule has 0 radical (unpaired) electrons. The van der Waals surface area contributed by atoms with E-state index in [2.05, 4.69) is 53.9 Å². The van der Waals surface area contributed by atoms with Crippen LogP contribution >= 0.6 is 15.9 Å². The van der Waals surface area contributed by atoms with E-state index < -0.39 is 0 Å². The molecule has 1 atom stereocenters. The van der Waals surface area contributed by atoms with Crippen molar-refractivity contribution in [3.05, 3.63) is 27.7 Å². The molecule has 0 saturated carbocycles. The van der Waals surface area contributed by atoms with Crippen molar-refractivity contribution in [2.24, 2.45) is 5.92 Å². The lowest BCUT2D eigenvalue weighted by atomic mass is 9.99. The van der Waals surface area contributed by atoms with Crippen molar-refractivity contribution in [1.82, 2.24) is 4.90 Å². The van der Waals surface area contributed by atoms with Crippen LogP contribution < -0.4 is 4.74 Å². The van der Waals surface area contributed by atoms with E-state index in [0.29, 0.717) is 5.92 Å². The molecule has 0 spiro atoms. The van der Waals surface area contributed by atoms with Gasteiger partial charge in [-0.05, 0) is 63.5 Å². The first kappa shape index (κ1) is 13.9. The summed E-state index contributed by atoms with van der Waals surface area (Å²) in [6.07, 6.45) is 2.59. The second kappa shape index (κ2) is 6.07.